The number of benzene rings is 1. The van der Waals surface area contributed by atoms with E-state index in [0.29, 0.717) is 0 Å². The largest absolute Gasteiger partial charge is 0.488 e. The Balaban J connectivity index is 2.96. The lowest BCUT2D eigenvalue weighted by Gasteiger charge is -2.35. The summed E-state index contributed by atoms with van der Waals surface area (Å²) < 4.78 is 7.24. The fourth-order valence-electron chi connectivity index (χ4n) is 2.00. The van der Waals surface area contributed by atoms with Crippen LogP contribution in [0, 0.1) is 12.3 Å². The maximum absolute atomic E-state index is 6.20. The summed E-state index contributed by atoms with van der Waals surface area (Å²) in [6.07, 6.45) is 0.930. The van der Waals surface area contributed by atoms with Gasteiger partial charge in [-0.3, -0.25) is 0 Å². The predicted octanol–water partition coefficient (Wildman–Crippen LogP) is 4.29. The maximum Gasteiger partial charge on any atom is 0.122 e. The fraction of sp³-hybridized carbons (Fsp3) is 0.600. The van der Waals surface area contributed by atoms with Crippen LogP contribution in [0.15, 0.2) is 22.7 Å². The van der Waals surface area contributed by atoms with Gasteiger partial charge in [0.15, 0.2) is 0 Å². The first-order chi connectivity index (χ1) is 8.25. The van der Waals surface area contributed by atoms with Gasteiger partial charge in [-0.25, -0.2) is 0 Å². The van der Waals surface area contributed by atoms with Gasteiger partial charge in [0.2, 0.25) is 0 Å². The van der Waals surface area contributed by atoms with Crippen LogP contribution in [0.2, 0.25) is 0 Å². The molecule has 0 saturated carbocycles. The van der Waals surface area contributed by atoms with Gasteiger partial charge < -0.3 is 10.5 Å². The zero-order valence-electron chi connectivity index (χ0n) is 12.0. The van der Waals surface area contributed by atoms with E-state index >= 15 is 0 Å². The van der Waals surface area contributed by atoms with Crippen LogP contribution in [0.5, 0.6) is 5.75 Å². The molecule has 0 aromatic heterocycles. The molecule has 2 N–H and O–H groups in total. The second-order valence-corrected chi connectivity index (χ2v) is 6.80. The first-order valence-electron chi connectivity index (χ1n) is 6.44. The minimum absolute atomic E-state index is 0.0161. The van der Waals surface area contributed by atoms with Gasteiger partial charge >= 0.3 is 0 Å². The van der Waals surface area contributed by atoms with E-state index in [-0.39, 0.29) is 17.6 Å². The molecule has 0 heterocycles. The van der Waals surface area contributed by atoms with Gasteiger partial charge in [-0.1, -0.05) is 43.6 Å². The second kappa shape index (κ2) is 6.07. The maximum atomic E-state index is 6.20. The standard InChI is InChI=1S/C15H24BrNO/c1-6-12(17)14(15(3,4)5)18-13-8-7-11(16)9-10(13)2/h7-9,12,14H,6,17H2,1-5H3. The molecular weight excluding hydrogens is 290 g/mol. The van der Waals surface area contributed by atoms with Crippen molar-refractivity contribution in [2.45, 2.75) is 53.2 Å². The van der Waals surface area contributed by atoms with Gasteiger partial charge in [0, 0.05) is 15.9 Å². The number of halogens is 1. The van der Waals surface area contributed by atoms with E-state index in [9.17, 15) is 0 Å². The zero-order valence-corrected chi connectivity index (χ0v) is 13.5. The molecule has 1 rings (SSSR count). The molecule has 18 heavy (non-hydrogen) atoms. The van der Waals surface area contributed by atoms with E-state index in [4.69, 9.17) is 10.5 Å². The van der Waals surface area contributed by atoms with Crippen LogP contribution in [-0.2, 0) is 0 Å². The van der Waals surface area contributed by atoms with E-state index in [1.807, 2.05) is 12.1 Å². The molecule has 0 spiro atoms. The molecule has 0 aliphatic rings. The van der Waals surface area contributed by atoms with Gasteiger partial charge in [-0.05, 0) is 37.1 Å². The summed E-state index contributed by atoms with van der Waals surface area (Å²) in [5, 5.41) is 0. The Labute approximate surface area is 119 Å². The summed E-state index contributed by atoms with van der Waals surface area (Å²) in [4.78, 5) is 0. The van der Waals surface area contributed by atoms with Crippen molar-refractivity contribution in [1.29, 1.82) is 0 Å². The number of ether oxygens (including phenoxy) is 1. The van der Waals surface area contributed by atoms with E-state index in [0.717, 1.165) is 22.2 Å². The van der Waals surface area contributed by atoms with E-state index in [1.165, 1.54) is 0 Å². The quantitative estimate of drug-likeness (QED) is 0.900. The lowest BCUT2D eigenvalue weighted by atomic mass is 9.84. The third kappa shape index (κ3) is 3.99. The smallest absolute Gasteiger partial charge is 0.122 e. The number of aryl methyl sites for hydroxylation is 1. The third-order valence-corrected chi connectivity index (χ3v) is 3.60. The molecule has 0 saturated heterocycles. The molecule has 0 aliphatic carbocycles. The first-order valence-corrected chi connectivity index (χ1v) is 7.23. The van der Waals surface area contributed by atoms with Gasteiger partial charge in [0.25, 0.3) is 0 Å². The van der Waals surface area contributed by atoms with Gasteiger partial charge in [-0.2, -0.15) is 0 Å². The Morgan fingerprint density at radius 3 is 2.39 bits per heavy atom. The molecule has 1 aromatic rings. The Hall–Kier alpha value is -0.540. The van der Waals surface area contributed by atoms with Crippen molar-refractivity contribution in [1.82, 2.24) is 0 Å². The number of rotatable bonds is 4. The molecule has 0 radical (unpaired) electrons. The highest BCUT2D eigenvalue weighted by Crippen LogP contribution is 2.30. The highest BCUT2D eigenvalue weighted by Gasteiger charge is 2.31. The monoisotopic (exact) mass is 313 g/mol. The minimum atomic E-state index is 0.0161. The molecule has 3 heteroatoms. The highest BCUT2D eigenvalue weighted by molar-refractivity contribution is 9.10. The van der Waals surface area contributed by atoms with Crippen molar-refractivity contribution < 1.29 is 4.74 Å². The molecule has 2 atom stereocenters. The Morgan fingerprint density at radius 2 is 1.94 bits per heavy atom. The van der Waals surface area contributed by atoms with Crippen LogP contribution in [0.3, 0.4) is 0 Å². The molecule has 102 valence electrons. The first kappa shape index (κ1) is 15.5. The van der Waals surface area contributed by atoms with Crippen LogP contribution in [0.25, 0.3) is 0 Å². The molecule has 0 bridgehead atoms. The van der Waals surface area contributed by atoms with Crippen LogP contribution in [0.1, 0.15) is 39.7 Å². The van der Waals surface area contributed by atoms with Crippen molar-refractivity contribution in [2.24, 2.45) is 11.1 Å². The van der Waals surface area contributed by atoms with E-state index < -0.39 is 0 Å². The molecule has 0 amide bonds. The highest BCUT2D eigenvalue weighted by atomic mass is 79.9. The van der Waals surface area contributed by atoms with Crippen molar-refractivity contribution in [3.63, 3.8) is 0 Å². The fourth-order valence-corrected chi connectivity index (χ4v) is 2.48. The molecule has 1 aromatic carbocycles. The lowest BCUT2D eigenvalue weighted by Crippen LogP contribution is -2.47. The van der Waals surface area contributed by atoms with Gasteiger partial charge in [-0.15, -0.1) is 0 Å². The third-order valence-electron chi connectivity index (χ3n) is 3.10. The van der Waals surface area contributed by atoms with Crippen molar-refractivity contribution in [2.75, 3.05) is 0 Å². The SMILES string of the molecule is CCC(N)C(Oc1ccc(Br)cc1C)C(C)(C)C. The summed E-state index contributed by atoms with van der Waals surface area (Å²) in [6.45, 7) is 10.7. The predicted molar refractivity (Wildman–Crippen MR) is 81.0 cm³/mol. The summed E-state index contributed by atoms with van der Waals surface area (Å²) in [5.74, 6) is 0.919. The summed E-state index contributed by atoms with van der Waals surface area (Å²) in [5.41, 5.74) is 7.35. The minimum Gasteiger partial charge on any atom is -0.488 e. The van der Waals surface area contributed by atoms with Gasteiger partial charge in [0.05, 0.1) is 0 Å². The zero-order chi connectivity index (χ0) is 13.9. The Kier molecular flexibility index (Phi) is 5.23. The van der Waals surface area contributed by atoms with Crippen LogP contribution in [0.4, 0.5) is 0 Å². The molecule has 0 fully saturated rings. The molecule has 0 aliphatic heterocycles. The van der Waals surface area contributed by atoms with E-state index in [2.05, 4.69) is 56.6 Å². The molecule has 2 unspecified atom stereocenters. The van der Waals surface area contributed by atoms with Gasteiger partial charge in [0.1, 0.15) is 11.9 Å². The van der Waals surface area contributed by atoms with Crippen molar-refractivity contribution in [3.05, 3.63) is 28.2 Å². The molecular formula is C15H24BrNO. The topological polar surface area (TPSA) is 35.2 Å². The summed E-state index contributed by atoms with van der Waals surface area (Å²) in [7, 11) is 0. The van der Waals surface area contributed by atoms with Crippen molar-refractivity contribution in [3.8, 4) is 5.75 Å². The summed E-state index contributed by atoms with van der Waals surface area (Å²) in [6, 6.07) is 6.11. The second-order valence-electron chi connectivity index (χ2n) is 5.89. The van der Waals surface area contributed by atoms with Crippen LogP contribution in [-0.4, -0.2) is 12.1 Å². The normalized spacial score (nSPS) is 15.3. The van der Waals surface area contributed by atoms with Crippen LogP contribution >= 0.6 is 15.9 Å². The van der Waals surface area contributed by atoms with E-state index in [1.54, 1.807) is 0 Å². The Bertz CT molecular complexity index is 398. The Morgan fingerprint density at radius 1 is 1.33 bits per heavy atom. The average molecular weight is 314 g/mol. The van der Waals surface area contributed by atoms with Crippen molar-refractivity contribution >= 4 is 15.9 Å². The number of nitrogens with two attached hydrogens (primary N) is 1. The number of hydrogen-bond donors (Lipinski definition) is 1. The number of hydrogen-bond acceptors (Lipinski definition) is 2. The average Bonchev–Trinajstić information content (AvgIpc) is 2.25. The summed E-state index contributed by atoms with van der Waals surface area (Å²) >= 11 is 3.46. The lowest BCUT2D eigenvalue weighted by molar-refractivity contribution is 0.0615. The van der Waals surface area contributed by atoms with Crippen LogP contribution < -0.4 is 10.5 Å². The molecule has 2 nitrogen and oxygen atoms in total.